The summed E-state index contributed by atoms with van der Waals surface area (Å²) in [5.74, 6) is 1.66. The third-order valence-corrected chi connectivity index (χ3v) is 4.96. The van der Waals surface area contributed by atoms with Gasteiger partial charge in [-0.15, -0.1) is 11.8 Å². The SMILES string of the molecule is O=C(CSCc1ccccn1)N[C@@H]1C[C@@H]1c1ccccc1Cl. The van der Waals surface area contributed by atoms with Crippen LogP contribution in [-0.4, -0.2) is 22.7 Å². The lowest BCUT2D eigenvalue weighted by Gasteiger charge is -2.06. The monoisotopic (exact) mass is 332 g/mol. The van der Waals surface area contributed by atoms with Gasteiger partial charge < -0.3 is 5.32 Å². The van der Waals surface area contributed by atoms with E-state index < -0.39 is 0 Å². The molecular weight excluding hydrogens is 316 g/mol. The Morgan fingerprint density at radius 3 is 2.86 bits per heavy atom. The van der Waals surface area contributed by atoms with Crippen molar-refractivity contribution < 1.29 is 4.79 Å². The molecule has 1 fully saturated rings. The van der Waals surface area contributed by atoms with Crippen LogP contribution in [0, 0.1) is 0 Å². The van der Waals surface area contributed by atoms with Gasteiger partial charge in [0.1, 0.15) is 0 Å². The number of rotatable bonds is 6. The third-order valence-electron chi connectivity index (χ3n) is 3.65. The van der Waals surface area contributed by atoms with Crippen molar-refractivity contribution in [2.45, 2.75) is 24.1 Å². The third kappa shape index (κ3) is 4.02. The Morgan fingerprint density at radius 1 is 1.27 bits per heavy atom. The molecule has 1 aromatic carbocycles. The molecule has 0 spiro atoms. The predicted molar refractivity (Wildman–Crippen MR) is 91.1 cm³/mol. The number of carbonyl (C=O) groups is 1. The van der Waals surface area contributed by atoms with Crippen molar-refractivity contribution in [3.05, 3.63) is 64.9 Å². The van der Waals surface area contributed by atoms with Crippen LogP contribution in [0.15, 0.2) is 48.7 Å². The van der Waals surface area contributed by atoms with Gasteiger partial charge in [-0.05, 0) is 30.2 Å². The number of nitrogens with one attached hydrogen (secondary N) is 1. The lowest BCUT2D eigenvalue weighted by molar-refractivity contribution is -0.118. The first-order valence-corrected chi connectivity index (χ1v) is 8.79. The van der Waals surface area contributed by atoms with Crippen LogP contribution >= 0.6 is 23.4 Å². The summed E-state index contributed by atoms with van der Waals surface area (Å²) in [6, 6.07) is 13.9. The fourth-order valence-electron chi connectivity index (χ4n) is 2.45. The van der Waals surface area contributed by atoms with Crippen LogP contribution in [0.2, 0.25) is 5.02 Å². The topological polar surface area (TPSA) is 42.0 Å². The van der Waals surface area contributed by atoms with E-state index in [4.69, 9.17) is 11.6 Å². The smallest absolute Gasteiger partial charge is 0.230 e. The standard InChI is InChI=1S/C17H17ClN2OS/c18-15-7-2-1-6-13(15)14-9-16(14)20-17(21)11-22-10-12-5-3-4-8-19-12/h1-8,14,16H,9-11H2,(H,20,21)/t14-,16-/m1/s1. The van der Waals surface area contributed by atoms with E-state index in [0.717, 1.165) is 28.5 Å². The molecule has 3 rings (SSSR count). The second kappa shape index (κ2) is 7.16. The Hall–Kier alpha value is -1.52. The molecule has 3 nitrogen and oxygen atoms in total. The molecule has 1 heterocycles. The van der Waals surface area contributed by atoms with E-state index in [0.29, 0.717) is 11.7 Å². The largest absolute Gasteiger partial charge is 0.352 e. The summed E-state index contributed by atoms with van der Waals surface area (Å²) in [6.45, 7) is 0. The van der Waals surface area contributed by atoms with Crippen molar-refractivity contribution in [1.82, 2.24) is 10.3 Å². The summed E-state index contributed by atoms with van der Waals surface area (Å²) in [5.41, 5.74) is 2.14. The van der Waals surface area contributed by atoms with Gasteiger partial charge in [-0.3, -0.25) is 9.78 Å². The second-order valence-corrected chi connectivity index (χ2v) is 6.74. The van der Waals surface area contributed by atoms with Crippen LogP contribution in [0.1, 0.15) is 23.6 Å². The number of pyridine rings is 1. The first-order valence-electron chi connectivity index (χ1n) is 7.25. The van der Waals surface area contributed by atoms with Gasteiger partial charge in [0.2, 0.25) is 5.91 Å². The maximum atomic E-state index is 12.0. The summed E-state index contributed by atoms with van der Waals surface area (Å²) in [6.07, 6.45) is 2.74. The van der Waals surface area contributed by atoms with E-state index in [1.165, 1.54) is 0 Å². The molecule has 1 saturated carbocycles. The molecule has 1 amide bonds. The molecule has 1 aliphatic rings. The van der Waals surface area contributed by atoms with E-state index in [-0.39, 0.29) is 11.9 Å². The zero-order chi connectivity index (χ0) is 15.4. The van der Waals surface area contributed by atoms with Gasteiger partial charge in [-0.2, -0.15) is 0 Å². The molecule has 1 aliphatic carbocycles. The molecule has 2 atom stereocenters. The lowest BCUT2D eigenvalue weighted by atomic mass is 10.1. The number of thioether (sulfide) groups is 1. The van der Waals surface area contributed by atoms with Crippen molar-refractivity contribution in [2.24, 2.45) is 0 Å². The number of aromatic nitrogens is 1. The second-order valence-electron chi connectivity index (χ2n) is 5.35. The van der Waals surface area contributed by atoms with E-state index in [2.05, 4.69) is 10.3 Å². The van der Waals surface area contributed by atoms with E-state index in [1.54, 1.807) is 18.0 Å². The number of nitrogens with zero attached hydrogens (tertiary/aromatic N) is 1. The van der Waals surface area contributed by atoms with Crippen LogP contribution in [0.3, 0.4) is 0 Å². The molecular formula is C17H17ClN2OS. The molecule has 0 unspecified atom stereocenters. The minimum atomic E-state index is 0.0838. The lowest BCUT2D eigenvalue weighted by Crippen LogP contribution is -2.28. The van der Waals surface area contributed by atoms with Gasteiger partial charge in [-0.1, -0.05) is 35.9 Å². The van der Waals surface area contributed by atoms with Crippen LogP contribution < -0.4 is 5.32 Å². The van der Waals surface area contributed by atoms with Crippen molar-refractivity contribution >= 4 is 29.3 Å². The number of hydrogen-bond donors (Lipinski definition) is 1. The van der Waals surface area contributed by atoms with Crippen molar-refractivity contribution in [2.75, 3.05) is 5.75 Å². The van der Waals surface area contributed by atoms with Gasteiger partial charge >= 0.3 is 0 Å². The summed E-state index contributed by atoms with van der Waals surface area (Å²) < 4.78 is 0. The summed E-state index contributed by atoms with van der Waals surface area (Å²) in [4.78, 5) is 16.2. The van der Waals surface area contributed by atoms with E-state index in [1.807, 2.05) is 42.5 Å². The number of amides is 1. The summed E-state index contributed by atoms with van der Waals surface area (Å²) >= 11 is 7.77. The van der Waals surface area contributed by atoms with Gasteiger partial charge in [0.05, 0.1) is 11.4 Å². The maximum Gasteiger partial charge on any atom is 0.230 e. The molecule has 0 saturated heterocycles. The Bertz CT molecular complexity index is 650. The van der Waals surface area contributed by atoms with Crippen molar-refractivity contribution in [1.29, 1.82) is 0 Å². The zero-order valence-electron chi connectivity index (χ0n) is 12.0. The highest BCUT2D eigenvalue weighted by Gasteiger charge is 2.40. The average molecular weight is 333 g/mol. The number of carbonyl (C=O) groups excluding carboxylic acids is 1. The number of halogens is 1. The molecule has 114 valence electrons. The molecule has 0 radical (unpaired) electrons. The number of hydrogen-bond acceptors (Lipinski definition) is 3. The minimum absolute atomic E-state index is 0.0838. The highest BCUT2D eigenvalue weighted by atomic mass is 35.5. The Balaban J connectivity index is 1.41. The van der Waals surface area contributed by atoms with Gasteiger partial charge in [0.25, 0.3) is 0 Å². The summed E-state index contributed by atoms with van der Waals surface area (Å²) in [7, 11) is 0. The Labute approximate surface area is 139 Å². The Kier molecular flexibility index (Phi) is 5.01. The molecule has 1 aromatic heterocycles. The van der Waals surface area contributed by atoms with Gasteiger partial charge in [-0.25, -0.2) is 0 Å². The molecule has 0 aliphatic heterocycles. The van der Waals surface area contributed by atoms with Crippen molar-refractivity contribution in [3.63, 3.8) is 0 Å². The maximum absolute atomic E-state index is 12.0. The molecule has 5 heteroatoms. The Morgan fingerprint density at radius 2 is 2.09 bits per heavy atom. The van der Waals surface area contributed by atoms with Crippen molar-refractivity contribution in [3.8, 4) is 0 Å². The molecule has 1 N–H and O–H groups in total. The minimum Gasteiger partial charge on any atom is -0.352 e. The van der Waals surface area contributed by atoms with E-state index in [9.17, 15) is 4.79 Å². The van der Waals surface area contributed by atoms with Gasteiger partial charge in [0.15, 0.2) is 0 Å². The van der Waals surface area contributed by atoms with Crippen LogP contribution in [-0.2, 0) is 10.5 Å². The predicted octanol–water partition coefficient (Wildman–Crippen LogP) is 3.64. The van der Waals surface area contributed by atoms with Crippen LogP contribution in [0.25, 0.3) is 0 Å². The molecule has 22 heavy (non-hydrogen) atoms. The first kappa shape index (κ1) is 15.4. The normalized spacial score (nSPS) is 19.7. The first-order chi connectivity index (χ1) is 10.7. The fraction of sp³-hybridized carbons (Fsp3) is 0.294. The zero-order valence-corrected chi connectivity index (χ0v) is 13.6. The molecule has 0 bridgehead atoms. The highest BCUT2D eigenvalue weighted by molar-refractivity contribution is 7.99. The van der Waals surface area contributed by atoms with Gasteiger partial charge in [0, 0.05) is 28.9 Å². The van der Waals surface area contributed by atoms with Crippen LogP contribution in [0.4, 0.5) is 0 Å². The van der Waals surface area contributed by atoms with E-state index >= 15 is 0 Å². The quantitative estimate of drug-likeness (QED) is 0.878. The summed E-state index contributed by atoms with van der Waals surface area (Å²) in [5, 5.41) is 3.86. The fourth-order valence-corrected chi connectivity index (χ4v) is 3.48. The van der Waals surface area contributed by atoms with Crippen LogP contribution in [0.5, 0.6) is 0 Å². The average Bonchev–Trinajstić information content (AvgIpc) is 3.27. The highest BCUT2D eigenvalue weighted by Crippen LogP contribution is 2.43. The number of benzene rings is 1. The molecule has 2 aromatic rings.